The third kappa shape index (κ3) is 5.42. The van der Waals surface area contributed by atoms with E-state index in [1.54, 1.807) is 18.2 Å². The molecule has 0 spiro atoms. The predicted molar refractivity (Wildman–Crippen MR) is 137 cm³/mol. The number of rotatable bonds is 5. The Morgan fingerprint density at radius 2 is 1.95 bits per heavy atom. The predicted octanol–water partition coefficient (Wildman–Crippen LogP) is 4.15. The second-order valence-corrected chi connectivity index (χ2v) is 8.79. The summed E-state index contributed by atoms with van der Waals surface area (Å²) in [6, 6.07) is 13.3. The minimum atomic E-state index is -4.64. The lowest BCUT2D eigenvalue weighted by molar-refractivity contribution is -0.493. The van der Waals surface area contributed by atoms with Crippen LogP contribution in [0.1, 0.15) is 17.5 Å². The molecule has 194 valence electrons. The van der Waals surface area contributed by atoms with E-state index in [0.29, 0.717) is 29.1 Å². The Morgan fingerprint density at radius 1 is 1.16 bits per heavy atom. The van der Waals surface area contributed by atoms with Gasteiger partial charge in [-0.15, -0.1) is 0 Å². The van der Waals surface area contributed by atoms with E-state index in [2.05, 4.69) is 25.3 Å². The number of H-pyrrole nitrogens is 2. The van der Waals surface area contributed by atoms with Crippen LogP contribution in [-0.2, 0) is 6.18 Å². The summed E-state index contributed by atoms with van der Waals surface area (Å²) >= 11 is 5.68. The van der Waals surface area contributed by atoms with Crippen molar-refractivity contribution in [2.75, 3.05) is 5.32 Å². The minimum Gasteiger partial charge on any atom is -0.455 e. The van der Waals surface area contributed by atoms with E-state index in [9.17, 15) is 23.1 Å². The summed E-state index contributed by atoms with van der Waals surface area (Å²) in [5.74, 6) is 0.894. The summed E-state index contributed by atoms with van der Waals surface area (Å²) in [7, 11) is 0. The molecular weight excluding hydrogens is 523 g/mol. The number of aliphatic hydroxyl groups is 1. The highest BCUT2D eigenvalue weighted by Gasteiger charge is 2.34. The number of alkyl halides is 3. The number of imidazole rings is 1. The van der Waals surface area contributed by atoms with Gasteiger partial charge in [-0.2, -0.15) is 13.2 Å². The van der Waals surface area contributed by atoms with Gasteiger partial charge in [-0.25, -0.2) is 20.1 Å². The Bertz CT molecular complexity index is 1640. The maximum Gasteiger partial charge on any atom is 0.445 e. The molecular formula is C26H20ClF3N5O3+. The van der Waals surface area contributed by atoms with Crippen molar-refractivity contribution in [3.05, 3.63) is 105 Å². The molecule has 12 heteroatoms. The summed E-state index contributed by atoms with van der Waals surface area (Å²) in [5.41, 5.74) is 0.964. The highest BCUT2D eigenvalue weighted by atomic mass is 35.5. The number of pyridine rings is 1. The fourth-order valence-corrected chi connectivity index (χ4v) is 4.30. The van der Waals surface area contributed by atoms with Gasteiger partial charge in [0.15, 0.2) is 11.4 Å². The molecule has 38 heavy (non-hydrogen) atoms. The Balaban J connectivity index is 1.43. The van der Waals surface area contributed by atoms with Gasteiger partial charge in [-0.1, -0.05) is 41.9 Å². The Morgan fingerprint density at radius 3 is 2.71 bits per heavy atom. The van der Waals surface area contributed by atoms with Crippen LogP contribution in [0, 0.1) is 0 Å². The molecule has 0 fully saturated rings. The number of ether oxygens (including phenoxy) is 1. The van der Waals surface area contributed by atoms with Gasteiger partial charge < -0.3 is 14.8 Å². The first-order chi connectivity index (χ1) is 18.2. The number of amidine groups is 1. The molecule has 2 heterocycles. The molecule has 0 saturated carbocycles. The Hall–Kier alpha value is -4.51. The zero-order valence-corrected chi connectivity index (χ0v) is 20.2. The molecule has 0 saturated heterocycles. The van der Waals surface area contributed by atoms with E-state index in [1.165, 1.54) is 12.3 Å². The van der Waals surface area contributed by atoms with E-state index in [-0.39, 0.29) is 5.69 Å². The maximum atomic E-state index is 13.2. The molecule has 0 bridgehead atoms. The number of halogens is 4. The largest absolute Gasteiger partial charge is 0.455 e. The lowest BCUT2D eigenvalue weighted by Crippen LogP contribution is -2.81. The summed E-state index contributed by atoms with van der Waals surface area (Å²) in [6.45, 7) is 0. The lowest BCUT2D eigenvalue weighted by atomic mass is 9.92. The van der Waals surface area contributed by atoms with Gasteiger partial charge >= 0.3 is 17.9 Å². The third-order valence-electron chi connectivity index (χ3n) is 5.79. The van der Waals surface area contributed by atoms with E-state index in [4.69, 9.17) is 16.3 Å². The second kappa shape index (κ2) is 10.1. The van der Waals surface area contributed by atoms with Gasteiger partial charge in [0, 0.05) is 24.3 Å². The molecule has 8 nitrogen and oxygen atoms in total. The van der Waals surface area contributed by atoms with Gasteiger partial charge in [0.25, 0.3) is 0 Å². The SMILES string of the molecule is O=c1[nH]c2nccc(OC3=CCC([NH+]=C(O)Nc4ccc(Cl)c(C(F)(F)F)c4)C(c4ccccc4)=C3)c2[nH]1. The van der Waals surface area contributed by atoms with Crippen molar-refractivity contribution in [3.63, 3.8) is 0 Å². The van der Waals surface area contributed by atoms with Crippen LogP contribution in [0.3, 0.4) is 0 Å². The van der Waals surface area contributed by atoms with Crippen LogP contribution >= 0.6 is 11.6 Å². The molecule has 2 aromatic carbocycles. The lowest BCUT2D eigenvalue weighted by Gasteiger charge is -2.20. The number of anilines is 1. The third-order valence-corrected chi connectivity index (χ3v) is 6.12. The summed E-state index contributed by atoms with van der Waals surface area (Å²) < 4.78 is 45.7. The van der Waals surface area contributed by atoms with Crippen LogP contribution in [0.2, 0.25) is 5.02 Å². The second-order valence-electron chi connectivity index (χ2n) is 8.38. The van der Waals surface area contributed by atoms with Crippen LogP contribution < -0.4 is 20.7 Å². The molecule has 0 amide bonds. The number of allylic oxidation sites excluding steroid dienone is 1. The average molecular weight is 543 g/mol. The Kier molecular flexibility index (Phi) is 6.68. The van der Waals surface area contributed by atoms with Gasteiger partial charge in [0.1, 0.15) is 23.0 Å². The first-order valence-electron chi connectivity index (χ1n) is 11.4. The molecule has 0 aliphatic heterocycles. The fraction of sp³-hybridized carbons (Fsp3) is 0.115. The molecule has 2 aromatic heterocycles. The van der Waals surface area contributed by atoms with Crippen molar-refractivity contribution in [2.24, 2.45) is 0 Å². The number of aromatic amines is 2. The van der Waals surface area contributed by atoms with Crippen molar-refractivity contribution in [1.82, 2.24) is 15.0 Å². The smallest absolute Gasteiger partial charge is 0.445 e. The number of nitrogens with one attached hydrogen (secondary N) is 4. The molecule has 5 N–H and O–H groups in total. The fourth-order valence-electron chi connectivity index (χ4n) is 4.08. The first-order valence-corrected chi connectivity index (χ1v) is 11.7. The number of fused-ring (bicyclic) bond motifs is 1. The molecule has 1 unspecified atom stereocenters. The monoisotopic (exact) mass is 542 g/mol. The van der Waals surface area contributed by atoms with E-state index in [1.807, 2.05) is 30.3 Å². The normalized spacial score (nSPS) is 16.2. The molecule has 1 aliphatic rings. The van der Waals surface area contributed by atoms with Gasteiger partial charge in [-0.05, 0) is 35.9 Å². The average Bonchev–Trinajstić information content (AvgIpc) is 3.27. The standard InChI is InChI=1S/C26H19ClF3N5O3/c27-19-8-6-15(12-18(19)26(28,29)30)32-24(36)33-20-9-7-16(13-17(20)14-4-2-1-3-5-14)38-21-10-11-31-23-22(21)34-25(37)35-23/h1-8,10-13,20H,9H2,(H2,32,33,36)(H2,31,34,35,37)/p+1. The molecule has 4 aromatic rings. The van der Waals surface area contributed by atoms with E-state index < -0.39 is 34.5 Å². The number of aliphatic hydroxyl groups excluding tert-OH is 1. The number of benzene rings is 2. The molecule has 5 rings (SSSR count). The van der Waals surface area contributed by atoms with Gasteiger partial charge in [0.2, 0.25) is 0 Å². The zero-order valence-electron chi connectivity index (χ0n) is 19.4. The highest BCUT2D eigenvalue weighted by Crippen LogP contribution is 2.36. The minimum absolute atomic E-state index is 0.00883. The maximum absolute atomic E-state index is 13.2. The van der Waals surface area contributed by atoms with Crippen LogP contribution in [0.5, 0.6) is 5.75 Å². The van der Waals surface area contributed by atoms with Crippen LogP contribution in [-0.4, -0.2) is 32.1 Å². The number of aromatic nitrogens is 3. The van der Waals surface area contributed by atoms with E-state index in [0.717, 1.165) is 23.3 Å². The topological polar surface area (TPSA) is 117 Å². The van der Waals surface area contributed by atoms with Gasteiger partial charge in [-0.3, -0.25) is 4.98 Å². The Labute approximate surface area is 218 Å². The number of hydrogen-bond acceptors (Lipinski definition) is 3. The van der Waals surface area contributed by atoms with E-state index >= 15 is 0 Å². The van der Waals surface area contributed by atoms with Gasteiger partial charge in [0.05, 0.1) is 10.6 Å². The van der Waals surface area contributed by atoms with Crippen molar-refractivity contribution in [1.29, 1.82) is 0 Å². The zero-order chi connectivity index (χ0) is 26.9. The highest BCUT2D eigenvalue weighted by molar-refractivity contribution is 6.31. The van der Waals surface area contributed by atoms with Crippen molar-refractivity contribution in [3.8, 4) is 5.75 Å². The molecule has 1 atom stereocenters. The molecule has 0 radical (unpaired) electrons. The molecule has 1 aliphatic carbocycles. The number of hydrogen-bond donors (Lipinski definition) is 5. The van der Waals surface area contributed by atoms with Crippen LogP contribution in [0.15, 0.2) is 83.5 Å². The van der Waals surface area contributed by atoms with Crippen molar-refractivity contribution in [2.45, 2.75) is 18.6 Å². The van der Waals surface area contributed by atoms with Crippen molar-refractivity contribution >= 4 is 40.0 Å². The first kappa shape index (κ1) is 25.2. The summed E-state index contributed by atoms with van der Waals surface area (Å²) in [6.07, 6.45) is 0.813. The van der Waals surface area contributed by atoms with Crippen LogP contribution in [0.25, 0.3) is 16.7 Å². The summed E-state index contributed by atoms with van der Waals surface area (Å²) in [5, 5.41) is 12.7. The summed E-state index contributed by atoms with van der Waals surface area (Å²) in [4.78, 5) is 24.0. The van der Waals surface area contributed by atoms with Crippen LogP contribution in [0.4, 0.5) is 18.9 Å². The van der Waals surface area contributed by atoms with Crippen molar-refractivity contribution < 1.29 is 28.0 Å². The number of nitrogens with zero attached hydrogens (tertiary/aromatic N) is 1. The quantitative estimate of drug-likeness (QED) is 0.192.